The molecular weight excluding hydrogens is 246 g/mol. The maximum absolute atomic E-state index is 10.9. The molecule has 0 saturated carbocycles. The Morgan fingerprint density at radius 1 is 1.64 bits per heavy atom. The van der Waals surface area contributed by atoms with Gasteiger partial charge in [0.2, 0.25) is 0 Å². The van der Waals surface area contributed by atoms with Gasteiger partial charge in [0.05, 0.1) is 12.6 Å². The predicted molar refractivity (Wildman–Crippen MR) is 56.1 cm³/mol. The van der Waals surface area contributed by atoms with E-state index in [1.165, 1.54) is 4.90 Å². The van der Waals surface area contributed by atoms with E-state index in [-0.39, 0.29) is 6.04 Å². The minimum atomic E-state index is -0.857. The topological polar surface area (TPSA) is 40.5 Å². The van der Waals surface area contributed by atoms with Crippen LogP contribution in [0.2, 0.25) is 0 Å². The van der Waals surface area contributed by atoms with Gasteiger partial charge in [0.15, 0.2) is 0 Å². The summed E-state index contributed by atoms with van der Waals surface area (Å²) >= 11 is 3.38. The van der Waals surface area contributed by atoms with Gasteiger partial charge in [-0.15, -0.1) is 0 Å². The molecule has 0 saturated heterocycles. The summed E-state index contributed by atoms with van der Waals surface area (Å²) < 4.78 is 0.996. The molecule has 3 nitrogen and oxygen atoms in total. The fourth-order valence-corrected chi connectivity index (χ4v) is 2.25. The minimum absolute atomic E-state index is 0.0319. The Labute approximate surface area is 90.5 Å². The molecule has 1 aliphatic heterocycles. The van der Waals surface area contributed by atoms with E-state index in [9.17, 15) is 4.79 Å². The standard InChI is InChI=1S/C10H10BrNO2/c1-6-9-3-2-8(11)4-7(9)5-12(6)10(13)14/h2-4,6H,5H2,1H3,(H,13,14)/t6-/m1/s1. The van der Waals surface area contributed by atoms with Crippen LogP contribution in [0.5, 0.6) is 0 Å². The summed E-state index contributed by atoms with van der Waals surface area (Å²) in [5.74, 6) is 0. The highest BCUT2D eigenvalue weighted by molar-refractivity contribution is 9.10. The minimum Gasteiger partial charge on any atom is -0.465 e. The van der Waals surface area contributed by atoms with Gasteiger partial charge in [-0.2, -0.15) is 0 Å². The van der Waals surface area contributed by atoms with Gasteiger partial charge in [0.25, 0.3) is 0 Å². The Morgan fingerprint density at radius 3 is 3.00 bits per heavy atom. The molecule has 14 heavy (non-hydrogen) atoms. The highest BCUT2D eigenvalue weighted by Crippen LogP contribution is 2.34. The first kappa shape index (κ1) is 9.52. The zero-order valence-electron chi connectivity index (χ0n) is 7.70. The molecule has 1 aromatic carbocycles. The second kappa shape index (κ2) is 3.28. The number of hydrogen-bond acceptors (Lipinski definition) is 1. The summed E-state index contributed by atoms with van der Waals surface area (Å²) in [6.45, 7) is 2.40. The van der Waals surface area contributed by atoms with E-state index in [4.69, 9.17) is 5.11 Å². The fraction of sp³-hybridized carbons (Fsp3) is 0.300. The number of fused-ring (bicyclic) bond motifs is 1. The third-order valence-electron chi connectivity index (χ3n) is 2.61. The van der Waals surface area contributed by atoms with Crippen molar-refractivity contribution in [1.82, 2.24) is 4.90 Å². The molecule has 2 rings (SSSR count). The SMILES string of the molecule is C[C@@H]1c2ccc(Br)cc2CN1C(=O)O. The smallest absolute Gasteiger partial charge is 0.408 e. The first-order valence-corrected chi connectivity index (χ1v) is 5.17. The molecule has 0 spiro atoms. The third-order valence-corrected chi connectivity index (χ3v) is 3.10. The van der Waals surface area contributed by atoms with Crippen LogP contribution in [0.3, 0.4) is 0 Å². The molecule has 1 aromatic rings. The number of benzene rings is 1. The molecule has 0 aliphatic carbocycles. The largest absolute Gasteiger partial charge is 0.465 e. The molecule has 0 aromatic heterocycles. The Balaban J connectivity index is 2.40. The molecule has 0 unspecified atom stereocenters. The third kappa shape index (κ3) is 1.39. The van der Waals surface area contributed by atoms with E-state index in [1.54, 1.807) is 0 Å². The number of amides is 1. The van der Waals surface area contributed by atoms with Gasteiger partial charge in [-0.25, -0.2) is 4.79 Å². The summed E-state index contributed by atoms with van der Waals surface area (Å²) in [5.41, 5.74) is 2.20. The highest BCUT2D eigenvalue weighted by Gasteiger charge is 2.29. The van der Waals surface area contributed by atoms with Crippen LogP contribution < -0.4 is 0 Å². The fourth-order valence-electron chi connectivity index (χ4n) is 1.84. The molecule has 1 amide bonds. The zero-order chi connectivity index (χ0) is 10.3. The molecule has 4 heteroatoms. The molecule has 0 fully saturated rings. The maximum atomic E-state index is 10.9. The van der Waals surface area contributed by atoms with Gasteiger partial charge in [0, 0.05) is 4.47 Å². The summed E-state index contributed by atoms with van der Waals surface area (Å²) in [4.78, 5) is 12.3. The van der Waals surface area contributed by atoms with Crippen LogP contribution in [0.1, 0.15) is 24.1 Å². The number of rotatable bonds is 0. The molecule has 1 N–H and O–H groups in total. The molecule has 1 aliphatic rings. The van der Waals surface area contributed by atoms with Crippen LogP contribution >= 0.6 is 15.9 Å². The van der Waals surface area contributed by atoms with Crippen molar-refractivity contribution in [2.24, 2.45) is 0 Å². The molecular formula is C10H10BrNO2. The average molecular weight is 256 g/mol. The summed E-state index contributed by atoms with van der Waals surface area (Å²) in [6.07, 6.45) is -0.857. The van der Waals surface area contributed by atoms with E-state index in [0.29, 0.717) is 6.54 Å². The van der Waals surface area contributed by atoms with E-state index >= 15 is 0 Å². The molecule has 1 heterocycles. The molecule has 0 bridgehead atoms. The number of hydrogen-bond donors (Lipinski definition) is 1. The second-order valence-electron chi connectivity index (χ2n) is 3.43. The van der Waals surface area contributed by atoms with Crippen LogP contribution in [-0.2, 0) is 6.54 Å². The second-order valence-corrected chi connectivity index (χ2v) is 4.35. The molecule has 1 atom stereocenters. The van der Waals surface area contributed by atoms with Crippen molar-refractivity contribution >= 4 is 22.0 Å². The first-order valence-electron chi connectivity index (χ1n) is 4.37. The molecule has 0 radical (unpaired) electrons. The Hall–Kier alpha value is -1.03. The van der Waals surface area contributed by atoms with E-state index in [0.717, 1.165) is 15.6 Å². The van der Waals surface area contributed by atoms with Gasteiger partial charge in [-0.05, 0) is 30.2 Å². The highest BCUT2D eigenvalue weighted by atomic mass is 79.9. The normalized spacial score (nSPS) is 19.6. The van der Waals surface area contributed by atoms with Gasteiger partial charge in [-0.3, -0.25) is 4.90 Å². The summed E-state index contributed by atoms with van der Waals surface area (Å²) in [5, 5.41) is 8.94. The monoisotopic (exact) mass is 255 g/mol. The van der Waals surface area contributed by atoms with Crippen molar-refractivity contribution in [1.29, 1.82) is 0 Å². The van der Waals surface area contributed by atoms with Crippen molar-refractivity contribution in [3.63, 3.8) is 0 Å². The lowest BCUT2D eigenvalue weighted by Crippen LogP contribution is -2.25. The zero-order valence-corrected chi connectivity index (χ0v) is 9.28. The number of carbonyl (C=O) groups is 1. The Bertz CT molecular complexity index is 392. The van der Waals surface area contributed by atoms with Crippen molar-refractivity contribution in [2.45, 2.75) is 19.5 Å². The number of nitrogens with zero attached hydrogens (tertiary/aromatic N) is 1. The lowest BCUT2D eigenvalue weighted by Gasteiger charge is -2.17. The van der Waals surface area contributed by atoms with E-state index < -0.39 is 6.09 Å². The van der Waals surface area contributed by atoms with Crippen molar-refractivity contribution in [3.8, 4) is 0 Å². The maximum Gasteiger partial charge on any atom is 0.408 e. The van der Waals surface area contributed by atoms with Crippen LogP contribution in [0.4, 0.5) is 4.79 Å². The number of carboxylic acid groups (broad SMARTS) is 1. The lowest BCUT2D eigenvalue weighted by molar-refractivity contribution is 0.132. The van der Waals surface area contributed by atoms with E-state index in [1.807, 2.05) is 25.1 Å². The van der Waals surface area contributed by atoms with Crippen molar-refractivity contribution in [2.75, 3.05) is 0 Å². The van der Waals surface area contributed by atoms with Crippen LogP contribution in [-0.4, -0.2) is 16.1 Å². The van der Waals surface area contributed by atoms with Crippen LogP contribution in [0, 0.1) is 0 Å². The van der Waals surface area contributed by atoms with Crippen molar-refractivity contribution in [3.05, 3.63) is 33.8 Å². The summed E-state index contributed by atoms with van der Waals surface area (Å²) in [6, 6.07) is 5.87. The van der Waals surface area contributed by atoms with Gasteiger partial charge >= 0.3 is 6.09 Å². The Morgan fingerprint density at radius 2 is 2.36 bits per heavy atom. The summed E-state index contributed by atoms with van der Waals surface area (Å²) in [7, 11) is 0. The predicted octanol–water partition coefficient (Wildman–Crippen LogP) is 3.00. The van der Waals surface area contributed by atoms with Gasteiger partial charge in [0.1, 0.15) is 0 Å². The molecule has 74 valence electrons. The number of halogens is 1. The lowest BCUT2D eigenvalue weighted by atomic mass is 10.1. The van der Waals surface area contributed by atoms with Gasteiger partial charge < -0.3 is 5.11 Å². The first-order chi connectivity index (χ1) is 6.59. The average Bonchev–Trinajstić information content (AvgIpc) is 2.43. The van der Waals surface area contributed by atoms with Crippen LogP contribution in [0.15, 0.2) is 22.7 Å². The Kier molecular flexibility index (Phi) is 2.23. The van der Waals surface area contributed by atoms with Crippen LogP contribution in [0.25, 0.3) is 0 Å². The van der Waals surface area contributed by atoms with Gasteiger partial charge in [-0.1, -0.05) is 22.0 Å². The van der Waals surface area contributed by atoms with E-state index in [2.05, 4.69) is 15.9 Å². The quantitative estimate of drug-likeness (QED) is 0.775. The van der Waals surface area contributed by atoms with Crippen molar-refractivity contribution < 1.29 is 9.90 Å².